The number of hydrogen-bond acceptors (Lipinski definition) is 2. The first-order valence-corrected chi connectivity index (χ1v) is 6.20. The van der Waals surface area contributed by atoms with Crippen LogP contribution < -0.4 is 5.32 Å². The SMILES string of the molecule is Cc1c(Cl)cccc1NC(=O)C1CCOCC1. The van der Waals surface area contributed by atoms with Crippen LogP contribution in [-0.2, 0) is 9.53 Å². The molecule has 1 aromatic carbocycles. The van der Waals surface area contributed by atoms with Crippen LogP contribution in [0.3, 0.4) is 0 Å². The van der Waals surface area contributed by atoms with E-state index in [1.54, 1.807) is 0 Å². The lowest BCUT2D eigenvalue weighted by Crippen LogP contribution is -2.28. The largest absolute Gasteiger partial charge is 0.381 e. The zero-order valence-corrected chi connectivity index (χ0v) is 10.6. The fourth-order valence-electron chi connectivity index (χ4n) is 1.94. The van der Waals surface area contributed by atoms with E-state index in [0.29, 0.717) is 18.2 Å². The lowest BCUT2D eigenvalue weighted by molar-refractivity contribution is -0.122. The molecule has 17 heavy (non-hydrogen) atoms. The summed E-state index contributed by atoms with van der Waals surface area (Å²) < 4.78 is 5.24. The highest BCUT2D eigenvalue weighted by molar-refractivity contribution is 6.31. The van der Waals surface area contributed by atoms with Gasteiger partial charge in [0.15, 0.2) is 0 Å². The Labute approximate surface area is 106 Å². The number of carbonyl (C=O) groups excluding carboxylic acids is 1. The molecule has 1 aliphatic heterocycles. The van der Waals surface area contributed by atoms with Gasteiger partial charge < -0.3 is 10.1 Å². The zero-order valence-electron chi connectivity index (χ0n) is 9.83. The molecule has 0 bridgehead atoms. The van der Waals surface area contributed by atoms with Gasteiger partial charge in [0.25, 0.3) is 0 Å². The van der Waals surface area contributed by atoms with Gasteiger partial charge in [-0.2, -0.15) is 0 Å². The van der Waals surface area contributed by atoms with Crippen molar-refractivity contribution in [1.82, 2.24) is 0 Å². The third kappa shape index (κ3) is 2.99. The van der Waals surface area contributed by atoms with Gasteiger partial charge in [-0.3, -0.25) is 4.79 Å². The highest BCUT2D eigenvalue weighted by atomic mass is 35.5. The molecular formula is C13H16ClNO2. The van der Waals surface area contributed by atoms with Crippen molar-refractivity contribution in [2.45, 2.75) is 19.8 Å². The fourth-order valence-corrected chi connectivity index (χ4v) is 2.11. The van der Waals surface area contributed by atoms with Crippen LogP contribution in [0, 0.1) is 12.8 Å². The Morgan fingerprint density at radius 3 is 2.82 bits per heavy atom. The van der Waals surface area contributed by atoms with Gasteiger partial charge in [0.2, 0.25) is 5.91 Å². The van der Waals surface area contributed by atoms with E-state index in [-0.39, 0.29) is 11.8 Å². The van der Waals surface area contributed by atoms with E-state index in [4.69, 9.17) is 16.3 Å². The van der Waals surface area contributed by atoms with Gasteiger partial charge in [0.05, 0.1) is 0 Å². The minimum Gasteiger partial charge on any atom is -0.381 e. The van der Waals surface area contributed by atoms with Crippen molar-refractivity contribution in [2.75, 3.05) is 18.5 Å². The molecule has 1 saturated heterocycles. The molecule has 1 fully saturated rings. The van der Waals surface area contributed by atoms with Gasteiger partial charge in [-0.25, -0.2) is 0 Å². The van der Waals surface area contributed by atoms with Gasteiger partial charge in [0.1, 0.15) is 0 Å². The Morgan fingerprint density at radius 1 is 1.41 bits per heavy atom. The van der Waals surface area contributed by atoms with E-state index in [1.807, 2.05) is 25.1 Å². The molecule has 0 aliphatic carbocycles. The van der Waals surface area contributed by atoms with Crippen LogP contribution in [0.25, 0.3) is 0 Å². The molecule has 0 unspecified atom stereocenters. The standard InChI is InChI=1S/C13H16ClNO2/c1-9-11(14)3-2-4-12(9)15-13(16)10-5-7-17-8-6-10/h2-4,10H,5-8H2,1H3,(H,15,16). The summed E-state index contributed by atoms with van der Waals surface area (Å²) >= 11 is 6.01. The van der Waals surface area contributed by atoms with Crippen LogP contribution in [0.5, 0.6) is 0 Å². The minimum atomic E-state index is 0.0575. The second-order valence-corrected chi connectivity index (χ2v) is 4.70. The number of rotatable bonds is 2. The molecule has 1 N–H and O–H groups in total. The third-order valence-corrected chi connectivity index (χ3v) is 3.53. The molecule has 3 nitrogen and oxygen atoms in total. The Hall–Kier alpha value is -1.06. The number of halogens is 1. The molecule has 0 spiro atoms. The molecule has 0 aromatic heterocycles. The average Bonchev–Trinajstić information content (AvgIpc) is 2.36. The Kier molecular flexibility index (Phi) is 4.02. The first-order chi connectivity index (χ1) is 8.18. The number of carbonyl (C=O) groups is 1. The van der Waals surface area contributed by atoms with Crippen LogP contribution in [0.1, 0.15) is 18.4 Å². The number of nitrogens with one attached hydrogen (secondary N) is 1. The molecule has 1 aromatic rings. The molecule has 1 aliphatic rings. The van der Waals surface area contributed by atoms with Crippen molar-refractivity contribution in [3.63, 3.8) is 0 Å². The Bertz CT molecular complexity index is 414. The summed E-state index contributed by atoms with van der Waals surface area (Å²) in [4.78, 5) is 12.0. The summed E-state index contributed by atoms with van der Waals surface area (Å²) in [5.41, 5.74) is 1.71. The summed E-state index contributed by atoms with van der Waals surface area (Å²) in [7, 11) is 0. The number of hydrogen-bond donors (Lipinski definition) is 1. The normalized spacial score (nSPS) is 16.8. The third-order valence-electron chi connectivity index (χ3n) is 3.12. The highest BCUT2D eigenvalue weighted by Gasteiger charge is 2.21. The smallest absolute Gasteiger partial charge is 0.227 e. The summed E-state index contributed by atoms with van der Waals surface area (Å²) in [6.45, 7) is 3.25. The molecule has 2 rings (SSSR count). The summed E-state index contributed by atoms with van der Waals surface area (Å²) in [5, 5.41) is 3.62. The summed E-state index contributed by atoms with van der Waals surface area (Å²) in [5.74, 6) is 0.126. The maximum atomic E-state index is 12.0. The number of benzene rings is 1. The Morgan fingerprint density at radius 2 is 2.12 bits per heavy atom. The van der Waals surface area contributed by atoms with Gasteiger partial charge in [-0.1, -0.05) is 17.7 Å². The predicted octanol–water partition coefficient (Wildman–Crippen LogP) is 3.01. The van der Waals surface area contributed by atoms with Crippen LogP contribution >= 0.6 is 11.6 Å². The monoisotopic (exact) mass is 253 g/mol. The van der Waals surface area contributed by atoms with E-state index >= 15 is 0 Å². The maximum absolute atomic E-state index is 12.0. The fraction of sp³-hybridized carbons (Fsp3) is 0.462. The number of amides is 1. The van der Waals surface area contributed by atoms with Crippen molar-refractivity contribution in [2.24, 2.45) is 5.92 Å². The van der Waals surface area contributed by atoms with E-state index in [9.17, 15) is 4.79 Å². The zero-order chi connectivity index (χ0) is 12.3. The molecule has 1 heterocycles. The first kappa shape index (κ1) is 12.4. The second-order valence-electron chi connectivity index (χ2n) is 4.29. The van der Waals surface area contributed by atoms with Gasteiger partial charge in [-0.15, -0.1) is 0 Å². The quantitative estimate of drug-likeness (QED) is 0.880. The average molecular weight is 254 g/mol. The molecular weight excluding hydrogens is 238 g/mol. The van der Waals surface area contributed by atoms with Crippen molar-refractivity contribution in [1.29, 1.82) is 0 Å². The van der Waals surface area contributed by atoms with Gasteiger partial charge >= 0.3 is 0 Å². The second kappa shape index (κ2) is 5.52. The predicted molar refractivity (Wildman–Crippen MR) is 68.4 cm³/mol. The van der Waals surface area contributed by atoms with Crippen molar-refractivity contribution < 1.29 is 9.53 Å². The van der Waals surface area contributed by atoms with Crippen LogP contribution in [0.2, 0.25) is 5.02 Å². The van der Waals surface area contributed by atoms with Crippen molar-refractivity contribution >= 4 is 23.2 Å². The molecule has 0 saturated carbocycles. The minimum absolute atomic E-state index is 0.0575. The van der Waals surface area contributed by atoms with Gasteiger partial charge in [-0.05, 0) is 37.5 Å². The van der Waals surface area contributed by atoms with E-state index in [0.717, 1.165) is 24.1 Å². The lowest BCUT2D eigenvalue weighted by Gasteiger charge is -2.21. The van der Waals surface area contributed by atoms with Crippen molar-refractivity contribution in [3.8, 4) is 0 Å². The van der Waals surface area contributed by atoms with E-state index in [2.05, 4.69) is 5.32 Å². The maximum Gasteiger partial charge on any atom is 0.227 e. The lowest BCUT2D eigenvalue weighted by atomic mass is 9.99. The van der Waals surface area contributed by atoms with Crippen molar-refractivity contribution in [3.05, 3.63) is 28.8 Å². The van der Waals surface area contributed by atoms with Crippen LogP contribution in [0.4, 0.5) is 5.69 Å². The molecule has 4 heteroatoms. The Balaban J connectivity index is 2.04. The molecule has 0 atom stereocenters. The molecule has 1 amide bonds. The topological polar surface area (TPSA) is 38.3 Å². The van der Waals surface area contributed by atoms with E-state index in [1.165, 1.54) is 0 Å². The molecule has 0 radical (unpaired) electrons. The van der Waals surface area contributed by atoms with Crippen LogP contribution in [-0.4, -0.2) is 19.1 Å². The number of anilines is 1. The first-order valence-electron chi connectivity index (χ1n) is 5.82. The van der Waals surface area contributed by atoms with Crippen LogP contribution in [0.15, 0.2) is 18.2 Å². The summed E-state index contributed by atoms with van der Waals surface area (Å²) in [6.07, 6.45) is 1.59. The van der Waals surface area contributed by atoms with E-state index < -0.39 is 0 Å². The number of ether oxygens (including phenoxy) is 1. The molecule has 92 valence electrons. The highest BCUT2D eigenvalue weighted by Crippen LogP contribution is 2.24. The van der Waals surface area contributed by atoms with Gasteiger partial charge in [0, 0.05) is 29.8 Å². The summed E-state index contributed by atoms with van der Waals surface area (Å²) in [6, 6.07) is 5.54.